The lowest BCUT2D eigenvalue weighted by Crippen LogP contribution is -2.16. The monoisotopic (exact) mass is 986 g/mol. The number of para-hydroxylation sites is 2. The summed E-state index contributed by atoms with van der Waals surface area (Å²) in [4.78, 5) is 4.89. The molecule has 3 nitrogen and oxygen atoms in total. The van der Waals surface area contributed by atoms with Gasteiger partial charge in [-0.15, -0.1) is 0 Å². The van der Waals surface area contributed by atoms with Crippen molar-refractivity contribution in [3.63, 3.8) is 0 Å². The Morgan fingerprint density at radius 1 is 0.286 bits per heavy atom. The molecule has 0 atom stereocenters. The third-order valence-electron chi connectivity index (χ3n) is 17.0. The maximum absolute atomic E-state index is 7.31. The van der Waals surface area contributed by atoms with E-state index in [2.05, 4.69) is 292 Å². The van der Waals surface area contributed by atoms with Crippen LogP contribution in [0.3, 0.4) is 0 Å². The fraction of sp³-hybridized carbons (Fsp3) is 0.0811. The van der Waals surface area contributed by atoms with E-state index < -0.39 is 0 Å². The van der Waals surface area contributed by atoms with Gasteiger partial charge in [-0.25, -0.2) is 0 Å². The molecule has 1 aromatic heterocycles. The van der Waals surface area contributed by atoms with Crippen molar-refractivity contribution in [1.82, 2.24) is 0 Å². The van der Waals surface area contributed by atoms with E-state index in [1.807, 2.05) is 0 Å². The molecule has 2 aliphatic carbocycles. The molecule has 0 saturated heterocycles. The maximum atomic E-state index is 7.31. The lowest BCUT2D eigenvalue weighted by Gasteiger charge is -2.30. The first-order chi connectivity index (χ1) is 37.7. The van der Waals surface area contributed by atoms with Crippen molar-refractivity contribution < 1.29 is 4.42 Å². The Balaban J connectivity index is 0.928. The van der Waals surface area contributed by atoms with Gasteiger partial charge >= 0.3 is 0 Å². The Bertz CT molecular complexity index is 4520. The minimum atomic E-state index is -0.163. The highest BCUT2D eigenvalue weighted by atomic mass is 16.3. The highest BCUT2D eigenvalue weighted by molar-refractivity contribution is 6.30. The summed E-state index contributed by atoms with van der Waals surface area (Å²) in [6.07, 6.45) is 0. The van der Waals surface area contributed by atoms with Crippen molar-refractivity contribution in [1.29, 1.82) is 0 Å². The van der Waals surface area contributed by atoms with Crippen molar-refractivity contribution in [2.45, 2.75) is 38.5 Å². The van der Waals surface area contributed by atoms with E-state index in [0.29, 0.717) is 0 Å². The third-order valence-corrected chi connectivity index (χ3v) is 17.0. The first-order valence-corrected chi connectivity index (χ1v) is 26.9. The second kappa shape index (κ2) is 17.0. The van der Waals surface area contributed by atoms with Gasteiger partial charge in [0.2, 0.25) is 0 Å². The first kappa shape index (κ1) is 45.0. The summed E-state index contributed by atoms with van der Waals surface area (Å²) in [7, 11) is 0. The summed E-state index contributed by atoms with van der Waals surface area (Å²) in [5.74, 6) is 0. The molecule has 366 valence electrons. The predicted molar refractivity (Wildman–Crippen MR) is 324 cm³/mol. The van der Waals surface area contributed by atoms with Crippen molar-refractivity contribution in [2.24, 2.45) is 0 Å². The summed E-state index contributed by atoms with van der Waals surface area (Å²) < 4.78 is 7.31. The lowest BCUT2D eigenvalue weighted by atomic mass is 9.82. The molecule has 0 N–H and O–H groups in total. The van der Waals surface area contributed by atoms with E-state index in [4.69, 9.17) is 4.42 Å². The Kier molecular flexibility index (Phi) is 9.96. The molecule has 1 heterocycles. The number of rotatable bonds is 8. The van der Waals surface area contributed by atoms with Gasteiger partial charge in [0.1, 0.15) is 11.2 Å². The van der Waals surface area contributed by atoms with Crippen LogP contribution in [-0.4, -0.2) is 0 Å². The average Bonchev–Trinajstić information content (AvgIpc) is 4.18. The third kappa shape index (κ3) is 6.83. The van der Waals surface area contributed by atoms with Crippen LogP contribution in [0, 0.1) is 0 Å². The summed E-state index contributed by atoms with van der Waals surface area (Å²) in [5, 5.41) is 6.79. The molecule has 13 aromatic rings. The number of furan rings is 1. The molecule has 15 rings (SSSR count). The second-order valence-corrected chi connectivity index (χ2v) is 22.0. The fourth-order valence-corrected chi connectivity index (χ4v) is 13.3. The molecule has 2 aliphatic rings. The zero-order valence-electron chi connectivity index (χ0n) is 43.6. The van der Waals surface area contributed by atoms with Gasteiger partial charge in [0.05, 0.1) is 11.4 Å². The van der Waals surface area contributed by atoms with Crippen LogP contribution in [-0.2, 0) is 10.8 Å². The van der Waals surface area contributed by atoms with E-state index in [1.165, 1.54) is 66.4 Å². The Morgan fingerprint density at radius 2 is 0.688 bits per heavy atom. The van der Waals surface area contributed by atoms with Crippen LogP contribution in [0.1, 0.15) is 49.9 Å². The average molecular weight is 987 g/mol. The quantitative estimate of drug-likeness (QED) is 0.141. The Labute approximate surface area is 449 Å². The number of hydrogen-bond acceptors (Lipinski definition) is 3. The smallest absolute Gasteiger partial charge is 0.143 e. The van der Waals surface area contributed by atoms with Gasteiger partial charge in [-0.3, -0.25) is 0 Å². The first-order valence-electron chi connectivity index (χ1n) is 26.9. The fourth-order valence-electron chi connectivity index (χ4n) is 13.3. The molecule has 0 aliphatic heterocycles. The van der Waals surface area contributed by atoms with E-state index >= 15 is 0 Å². The molecular formula is C74H54N2O. The molecule has 3 heteroatoms. The number of benzene rings is 12. The lowest BCUT2D eigenvalue weighted by molar-refractivity contribution is 0.660. The summed E-state index contributed by atoms with van der Waals surface area (Å²) >= 11 is 0. The van der Waals surface area contributed by atoms with Gasteiger partial charge in [-0.2, -0.15) is 0 Å². The number of anilines is 6. The minimum Gasteiger partial charge on any atom is -0.455 e. The van der Waals surface area contributed by atoms with E-state index in [-0.39, 0.29) is 10.8 Å². The molecule has 0 unspecified atom stereocenters. The molecule has 0 bridgehead atoms. The van der Waals surface area contributed by atoms with Crippen LogP contribution in [0.5, 0.6) is 0 Å². The van der Waals surface area contributed by atoms with Gasteiger partial charge < -0.3 is 14.2 Å². The molecule has 0 saturated carbocycles. The normalized spacial score (nSPS) is 13.7. The van der Waals surface area contributed by atoms with Crippen LogP contribution in [0.2, 0.25) is 0 Å². The standard InChI is InChI=1S/C74H54N2O/c1-73(2)64-31-17-13-28-56(64)58-39-35-50(44-66(58)73)75(68-33-19-15-25-53(68)47-21-7-5-8-22-47)49-37-41-61-63(43-49)55-27-11-12-30-60(55)71-62-42-38-52(46-70(62)77-72(61)71)76(69-34-20-16-26-54(69)48-23-9-6-10-24-48)51-36-40-59-57-29-14-18-32-65(57)74(3,4)67(59)45-51/h5-46H,1-4H3. The molecule has 0 fully saturated rings. The van der Waals surface area contributed by atoms with Crippen LogP contribution in [0.4, 0.5) is 34.1 Å². The SMILES string of the molecule is CC1(C)c2ccccc2-c2ccc(N(c3ccc4c(c3)oc3c5ccc(N(c6ccc7c(c6)C(C)(C)c6ccccc6-7)c6ccccc6-c6ccccc6)cc5c5ccccc5c43)c3ccccc3-c3ccccc3)cc21. The molecule has 0 radical (unpaired) electrons. The van der Waals surface area contributed by atoms with Gasteiger partial charge in [-0.05, 0) is 139 Å². The maximum Gasteiger partial charge on any atom is 0.143 e. The number of hydrogen-bond donors (Lipinski definition) is 0. The second-order valence-electron chi connectivity index (χ2n) is 22.0. The largest absolute Gasteiger partial charge is 0.455 e. The van der Waals surface area contributed by atoms with Crippen LogP contribution in [0.15, 0.2) is 259 Å². The Hall–Kier alpha value is -9.44. The highest BCUT2D eigenvalue weighted by Crippen LogP contribution is 2.54. The van der Waals surface area contributed by atoms with Crippen molar-refractivity contribution >= 4 is 77.6 Å². The number of fused-ring (bicyclic) bond motifs is 14. The van der Waals surface area contributed by atoms with Crippen LogP contribution in [0.25, 0.3) is 88.0 Å². The Morgan fingerprint density at radius 3 is 1.23 bits per heavy atom. The molecule has 0 amide bonds. The van der Waals surface area contributed by atoms with Crippen molar-refractivity contribution in [3.8, 4) is 44.5 Å². The van der Waals surface area contributed by atoms with Gasteiger partial charge in [0, 0.05) is 66.9 Å². The topological polar surface area (TPSA) is 19.6 Å². The summed E-state index contributed by atoms with van der Waals surface area (Å²) in [6, 6.07) is 93.7. The molecular weight excluding hydrogens is 933 g/mol. The van der Waals surface area contributed by atoms with Gasteiger partial charge in [-0.1, -0.05) is 210 Å². The summed E-state index contributed by atoms with van der Waals surface area (Å²) in [5.41, 5.74) is 23.2. The van der Waals surface area contributed by atoms with E-state index in [0.717, 1.165) is 78.0 Å². The van der Waals surface area contributed by atoms with Gasteiger partial charge in [0.25, 0.3) is 0 Å². The van der Waals surface area contributed by atoms with E-state index in [9.17, 15) is 0 Å². The minimum absolute atomic E-state index is 0.161. The van der Waals surface area contributed by atoms with Crippen LogP contribution >= 0.6 is 0 Å². The molecule has 0 spiro atoms. The summed E-state index contributed by atoms with van der Waals surface area (Å²) in [6.45, 7) is 9.44. The molecule has 12 aromatic carbocycles. The van der Waals surface area contributed by atoms with Crippen molar-refractivity contribution in [3.05, 3.63) is 277 Å². The predicted octanol–water partition coefficient (Wildman–Crippen LogP) is 20.8. The zero-order chi connectivity index (χ0) is 51.6. The zero-order valence-corrected chi connectivity index (χ0v) is 43.6. The highest BCUT2D eigenvalue weighted by Gasteiger charge is 2.37. The van der Waals surface area contributed by atoms with Crippen molar-refractivity contribution in [2.75, 3.05) is 9.80 Å². The van der Waals surface area contributed by atoms with Crippen LogP contribution < -0.4 is 9.80 Å². The molecule has 77 heavy (non-hydrogen) atoms. The number of nitrogens with zero attached hydrogens (tertiary/aromatic N) is 2. The van der Waals surface area contributed by atoms with E-state index in [1.54, 1.807) is 0 Å². The van der Waals surface area contributed by atoms with Gasteiger partial charge in [0.15, 0.2) is 0 Å².